The maximum Gasteiger partial charge on any atom is 0.321 e. The molecule has 1 amide bonds. The molecular weight excluding hydrogens is 406 g/mol. The third kappa shape index (κ3) is 3.93. The van der Waals surface area contributed by atoms with Crippen molar-refractivity contribution in [2.45, 2.75) is 55.9 Å². The number of amides is 1. The molecule has 0 aromatic carbocycles. The van der Waals surface area contributed by atoms with E-state index in [0.29, 0.717) is 43.5 Å². The van der Waals surface area contributed by atoms with E-state index in [0.717, 1.165) is 0 Å². The van der Waals surface area contributed by atoms with Crippen LogP contribution in [0.2, 0.25) is 0 Å². The first-order chi connectivity index (χ1) is 14.6. The number of fused-ring (bicyclic) bond motifs is 1. The van der Waals surface area contributed by atoms with Crippen LogP contribution in [-0.2, 0) is 14.3 Å². The lowest BCUT2D eigenvalue weighted by Gasteiger charge is -2.51. The highest BCUT2D eigenvalue weighted by Gasteiger charge is 2.50. The minimum absolute atomic E-state index is 0.234. The molecule has 31 heavy (non-hydrogen) atoms. The second-order valence-corrected chi connectivity index (χ2v) is 8.66. The number of carboxylic acid groups (broad SMARTS) is 1. The van der Waals surface area contributed by atoms with Gasteiger partial charge >= 0.3 is 5.97 Å². The molecule has 0 aliphatic carbocycles. The summed E-state index contributed by atoms with van der Waals surface area (Å²) < 4.78 is 8.03. The number of piperidine rings is 1. The van der Waals surface area contributed by atoms with Crippen LogP contribution in [0.4, 0.5) is 5.82 Å². The van der Waals surface area contributed by atoms with E-state index in [1.54, 1.807) is 22.7 Å². The molecule has 4 heterocycles. The molecule has 2 aliphatic rings. The number of hydrogen-bond donors (Lipinski definition) is 4. The summed E-state index contributed by atoms with van der Waals surface area (Å²) in [5, 5.41) is 20.2. The molecule has 2 aromatic rings. The van der Waals surface area contributed by atoms with Gasteiger partial charge in [0.25, 0.3) is 0 Å². The summed E-state index contributed by atoms with van der Waals surface area (Å²) in [4.78, 5) is 37.3. The molecule has 12 nitrogen and oxygen atoms in total. The van der Waals surface area contributed by atoms with Crippen LogP contribution >= 0.6 is 0 Å². The maximum atomic E-state index is 12.3. The number of hydrogen-bond acceptors (Lipinski definition) is 9. The van der Waals surface area contributed by atoms with E-state index in [9.17, 15) is 14.7 Å². The highest BCUT2D eigenvalue weighted by atomic mass is 16.5. The molecule has 0 saturated carbocycles. The number of ether oxygens (including phenoxy) is 1. The maximum absolute atomic E-state index is 12.3. The van der Waals surface area contributed by atoms with Gasteiger partial charge in [-0.25, -0.2) is 15.0 Å². The third-order valence-electron chi connectivity index (χ3n) is 6.41. The summed E-state index contributed by atoms with van der Waals surface area (Å²) in [6, 6.07) is -1.62. The SMILES string of the molecule is C[C@@]1(O)CC2(CCN(C(=O)C[C@H](N)C(=O)O)CC2)OC[C@H]1n1cnc2c(N)ncnc21. The second kappa shape index (κ2) is 7.70. The molecule has 2 saturated heterocycles. The Labute approximate surface area is 178 Å². The molecule has 2 aromatic heterocycles. The van der Waals surface area contributed by atoms with Gasteiger partial charge in [-0.2, -0.15) is 0 Å². The average Bonchev–Trinajstić information content (AvgIpc) is 3.13. The fraction of sp³-hybridized carbons (Fsp3) is 0.632. The average molecular weight is 433 g/mol. The first-order valence-corrected chi connectivity index (χ1v) is 10.2. The van der Waals surface area contributed by atoms with Crippen molar-refractivity contribution in [3.8, 4) is 0 Å². The van der Waals surface area contributed by atoms with Gasteiger partial charge in [0.15, 0.2) is 11.5 Å². The van der Waals surface area contributed by atoms with E-state index in [2.05, 4.69) is 15.0 Å². The number of aliphatic carboxylic acids is 1. The van der Waals surface area contributed by atoms with Crippen molar-refractivity contribution < 1.29 is 24.5 Å². The predicted octanol–water partition coefficient (Wildman–Crippen LogP) is -0.716. The number of imidazole rings is 1. The van der Waals surface area contributed by atoms with Crippen molar-refractivity contribution in [1.82, 2.24) is 24.4 Å². The summed E-state index contributed by atoms with van der Waals surface area (Å²) in [7, 11) is 0. The molecule has 3 atom stereocenters. The lowest BCUT2D eigenvalue weighted by atomic mass is 9.75. The van der Waals surface area contributed by atoms with E-state index in [4.69, 9.17) is 21.3 Å². The van der Waals surface area contributed by atoms with Crippen molar-refractivity contribution in [1.29, 1.82) is 0 Å². The van der Waals surface area contributed by atoms with Gasteiger partial charge < -0.3 is 35.9 Å². The van der Waals surface area contributed by atoms with E-state index in [-0.39, 0.29) is 24.8 Å². The Balaban J connectivity index is 1.44. The molecular formula is C19H27N7O5. The first-order valence-electron chi connectivity index (χ1n) is 10.2. The van der Waals surface area contributed by atoms with Gasteiger partial charge in [-0.1, -0.05) is 0 Å². The molecule has 168 valence electrons. The molecule has 2 fully saturated rings. The monoisotopic (exact) mass is 433 g/mol. The number of carbonyl (C=O) groups is 2. The van der Waals surface area contributed by atoms with E-state index in [1.807, 2.05) is 0 Å². The smallest absolute Gasteiger partial charge is 0.321 e. The minimum atomic E-state index is -1.21. The number of rotatable bonds is 4. The van der Waals surface area contributed by atoms with Gasteiger partial charge in [0.05, 0.1) is 36.6 Å². The number of carboxylic acids is 1. The largest absolute Gasteiger partial charge is 0.480 e. The number of nitrogens with zero attached hydrogens (tertiary/aromatic N) is 5. The molecule has 6 N–H and O–H groups in total. The van der Waals surface area contributed by atoms with E-state index < -0.39 is 29.3 Å². The lowest BCUT2D eigenvalue weighted by Crippen LogP contribution is -2.58. The van der Waals surface area contributed by atoms with Gasteiger partial charge in [0, 0.05) is 19.5 Å². The van der Waals surface area contributed by atoms with Gasteiger partial charge in [0.1, 0.15) is 17.9 Å². The number of nitrogen functional groups attached to an aromatic ring is 1. The van der Waals surface area contributed by atoms with Crippen LogP contribution in [0.1, 0.15) is 38.6 Å². The Morgan fingerprint density at radius 1 is 1.32 bits per heavy atom. The Hall–Kier alpha value is -2.83. The predicted molar refractivity (Wildman–Crippen MR) is 109 cm³/mol. The Bertz CT molecular complexity index is 999. The van der Waals surface area contributed by atoms with E-state index >= 15 is 0 Å². The highest BCUT2D eigenvalue weighted by Crippen LogP contribution is 2.44. The summed E-state index contributed by atoms with van der Waals surface area (Å²) >= 11 is 0. The van der Waals surface area contributed by atoms with Gasteiger partial charge in [-0.15, -0.1) is 0 Å². The topological polar surface area (TPSA) is 183 Å². The van der Waals surface area contributed by atoms with Gasteiger partial charge in [0.2, 0.25) is 5.91 Å². The van der Waals surface area contributed by atoms with Crippen LogP contribution in [-0.4, -0.2) is 83.4 Å². The van der Waals surface area contributed by atoms with Crippen LogP contribution in [0.3, 0.4) is 0 Å². The Morgan fingerprint density at radius 2 is 2.03 bits per heavy atom. The molecule has 12 heteroatoms. The normalized spacial score (nSPS) is 26.8. The van der Waals surface area contributed by atoms with Crippen molar-refractivity contribution in [2.24, 2.45) is 5.73 Å². The molecule has 1 spiro atoms. The Kier molecular flexibility index (Phi) is 5.31. The number of carbonyl (C=O) groups excluding carboxylic acids is 1. The van der Waals surface area contributed by atoms with Crippen LogP contribution in [0, 0.1) is 0 Å². The lowest BCUT2D eigenvalue weighted by molar-refractivity contribution is -0.197. The van der Waals surface area contributed by atoms with Crippen molar-refractivity contribution in [3.63, 3.8) is 0 Å². The number of aromatic nitrogens is 4. The number of likely N-dealkylation sites (tertiary alicyclic amines) is 1. The zero-order valence-electron chi connectivity index (χ0n) is 17.3. The summed E-state index contributed by atoms with van der Waals surface area (Å²) in [5.41, 5.74) is 10.7. The number of nitrogens with two attached hydrogens (primary N) is 2. The third-order valence-corrected chi connectivity index (χ3v) is 6.41. The summed E-state index contributed by atoms with van der Waals surface area (Å²) in [6.45, 7) is 2.86. The fourth-order valence-electron chi connectivity index (χ4n) is 4.62. The van der Waals surface area contributed by atoms with Gasteiger partial charge in [-0.3, -0.25) is 9.59 Å². The van der Waals surface area contributed by atoms with Gasteiger partial charge in [-0.05, 0) is 19.8 Å². The molecule has 0 radical (unpaired) electrons. The second-order valence-electron chi connectivity index (χ2n) is 8.66. The van der Waals surface area contributed by atoms with Crippen LogP contribution in [0.15, 0.2) is 12.7 Å². The quantitative estimate of drug-likeness (QED) is 0.480. The van der Waals surface area contributed by atoms with Crippen LogP contribution < -0.4 is 11.5 Å². The molecule has 4 rings (SSSR count). The minimum Gasteiger partial charge on any atom is -0.480 e. The summed E-state index contributed by atoms with van der Waals surface area (Å²) in [5.74, 6) is -1.21. The van der Waals surface area contributed by atoms with Crippen molar-refractivity contribution in [2.75, 3.05) is 25.4 Å². The molecule has 0 unspecified atom stereocenters. The van der Waals surface area contributed by atoms with Crippen LogP contribution in [0.5, 0.6) is 0 Å². The van der Waals surface area contributed by atoms with E-state index in [1.165, 1.54) is 6.33 Å². The Morgan fingerprint density at radius 3 is 2.68 bits per heavy atom. The number of aliphatic hydroxyl groups is 1. The zero-order valence-corrected chi connectivity index (χ0v) is 17.3. The zero-order chi connectivity index (χ0) is 22.4. The van der Waals surface area contributed by atoms with Crippen molar-refractivity contribution in [3.05, 3.63) is 12.7 Å². The number of anilines is 1. The van der Waals surface area contributed by atoms with Crippen molar-refractivity contribution >= 4 is 28.9 Å². The highest BCUT2D eigenvalue weighted by molar-refractivity contribution is 5.84. The first kappa shape index (κ1) is 21.4. The fourth-order valence-corrected chi connectivity index (χ4v) is 4.62. The van der Waals surface area contributed by atoms with Crippen LogP contribution in [0.25, 0.3) is 11.2 Å². The molecule has 2 aliphatic heterocycles. The summed E-state index contributed by atoms with van der Waals surface area (Å²) in [6.07, 6.45) is 4.18. The standard InChI is InChI=1S/C19H27N7O5/c1-18(30)8-19(2-4-25(5-3-19)13(27)6-11(20)17(28)29)31-7-12(18)26-10-24-14-15(21)22-9-23-16(14)26/h9-12,30H,2-8,20H2,1H3,(H,28,29)(H2,21,22,23)/t11-,12+,18+/m0/s1. The molecule has 0 bridgehead atoms.